The minimum atomic E-state index is -3.17. The predicted octanol–water partition coefficient (Wildman–Crippen LogP) is 3.45. The fourth-order valence-electron chi connectivity index (χ4n) is 3.21. The van der Waals surface area contributed by atoms with Gasteiger partial charge < -0.3 is 4.57 Å². The summed E-state index contributed by atoms with van der Waals surface area (Å²) in [7, 11) is -3.17. The van der Waals surface area contributed by atoms with Gasteiger partial charge in [0.15, 0.2) is 0 Å². The fraction of sp³-hybridized carbons (Fsp3) is 0.350. The Bertz CT molecular complexity index is 993. The first kappa shape index (κ1) is 18.6. The van der Waals surface area contributed by atoms with Crippen LogP contribution in [0.25, 0.3) is 22.0 Å². The molecule has 6 heteroatoms. The summed E-state index contributed by atoms with van der Waals surface area (Å²) in [6.45, 7) is 5.73. The zero-order valence-corrected chi connectivity index (χ0v) is 16.3. The summed E-state index contributed by atoms with van der Waals surface area (Å²) in [5.41, 5.74) is 4.64. The van der Waals surface area contributed by atoms with Gasteiger partial charge in [0.2, 0.25) is 10.0 Å². The molecule has 5 nitrogen and oxygen atoms in total. The lowest BCUT2D eigenvalue weighted by Crippen LogP contribution is -2.24. The van der Waals surface area contributed by atoms with Crippen LogP contribution in [-0.4, -0.2) is 30.8 Å². The number of sulfonamides is 1. The molecule has 3 aromatic rings. The van der Waals surface area contributed by atoms with Crippen LogP contribution in [0.4, 0.5) is 0 Å². The highest BCUT2D eigenvalue weighted by Crippen LogP contribution is 2.28. The van der Waals surface area contributed by atoms with Crippen LogP contribution in [0, 0.1) is 5.92 Å². The first-order chi connectivity index (χ1) is 12.3. The van der Waals surface area contributed by atoms with Crippen LogP contribution < -0.4 is 4.72 Å². The highest BCUT2D eigenvalue weighted by atomic mass is 32.2. The standard InChI is InChI=1S/C20H25N3O2S/c1-15(2)13-23-14-18(8-11-22-26(3,24)25)19-5-4-17(12-20(19)23)16-6-9-21-10-7-16/h4-7,9-10,12,14-15,22H,8,11,13H2,1-3H3. The van der Waals surface area contributed by atoms with E-state index in [-0.39, 0.29) is 0 Å². The van der Waals surface area contributed by atoms with Crippen molar-refractivity contribution in [3.8, 4) is 11.1 Å². The van der Waals surface area contributed by atoms with Crippen molar-refractivity contribution >= 4 is 20.9 Å². The molecule has 2 heterocycles. The summed E-state index contributed by atoms with van der Waals surface area (Å²) >= 11 is 0. The zero-order valence-electron chi connectivity index (χ0n) is 15.4. The third kappa shape index (κ3) is 4.51. The molecule has 0 bridgehead atoms. The Balaban J connectivity index is 1.98. The number of hydrogen-bond donors (Lipinski definition) is 1. The Kier molecular flexibility index (Phi) is 5.44. The molecule has 2 aromatic heterocycles. The summed E-state index contributed by atoms with van der Waals surface area (Å²) in [5.74, 6) is 0.525. The van der Waals surface area contributed by atoms with Crippen molar-refractivity contribution in [3.63, 3.8) is 0 Å². The Hall–Kier alpha value is -2.18. The number of aromatic nitrogens is 2. The number of pyridine rings is 1. The molecule has 0 saturated carbocycles. The molecule has 0 fully saturated rings. The fourth-order valence-corrected chi connectivity index (χ4v) is 3.68. The third-order valence-corrected chi connectivity index (χ3v) is 5.03. The lowest BCUT2D eigenvalue weighted by Gasteiger charge is -2.09. The van der Waals surface area contributed by atoms with Crippen LogP contribution in [0.1, 0.15) is 19.4 Å². The quantitative estimate of drug-likeness (QED) is 0.692. The Morgan fingerprint density at radius 1 is 1.12 bits per heavy atom. The topological polar surface area (TPSA) is 64.0 Å². The largest absolute Gasteiger partial charge is 0.347 e. The molecule has 1 aromatic carbocycles. The van der Waals surface area contributed by atoms with Gasteiger partial charge in [0.25, 0.3) is 0 Å². The summed E-state index contributed by atoms with van der Waals surface area (Å²) in [5, 5.41) is 1.18. The van der Waals surface area contributed by atoms with E-state index in [4.69, 9.17) is 0 Å². The van der Waals surface area contributed by atoms with E-state index in [1.54, 1.807) is 12.4 Å². The van der Waals surface area contributed by atoms with Crippen LogP contribution >= 0.6 is 0 Å². The Morgan fingerprint density at radius 3 is 2.50 bits per heavy atom. The van der Waals surface area contributed by atoms with Crippen molar-refractivity contribution in [2.24, 2.45) is 5.92 Å². The maximum Gasteiger partial charge on any atom is 0.208 e. The monoisotopic (exact) mass is 371 g/mol. The molecule has 0 radical (unpaired) electrons. The number of rotatable bonds is 7. The molecule has 3 rings (SSSR count). The molecule has 1 N–H and O–H groups in total. The molecule has 0 aliphatic rings. The number of fused-ring (bicyclic) bond motifs is 1. The summed E-state index contributed by atoms with van der Waals surface area (Å²) in [6, 6.07) is 10.5. The zero-order chi connectivity index (χ0) is 18.7. The van der Waals surface area contributed by atoms with Gasteiger partial charge >= 0.3 is 0 Å². The van der Waals surface area contributed by atoms with Gasteiger partial charge in [-0.25, -0.2) is 13.1 Å². The number of hydrogen-bond acceptors (Lipinski definition) is 3. The highest BCUT2D eigenvalue weighted by Gasteiger charge is 2.12. The van der Waals surface area contributed by atoms with Gasteiger partial charge in [-0.1, -0.05) is 26.0 Å². The van der Waals surface area contributed by atoms with Crippen molar-refractivity contribution < 1.29 is 8.42 Å². The predicted molar refractivity (Wildman–Crippen MR) is 107 cm³/mol. The lowest BCUT2D eigenvalue weighted by atomic mass is 10.0. The van der Waals surface area contributed by atoms with Crippen LogP contribution in [0.15, 0.2) is 48.9 Å². The van der Waals surface area contributed by atoms with E-state index >= 15 is 0 Å². The summed E-state index contributed by atoms with van der Waals surface area (Å²) < 4.78 is 27.5. The smallest absolute Gasteiger partial charge is 0.208 e. The van der Waals surface area contributed by atoms with Crippen molar-refractivity contribution in [1.29, 1.82) is 0 Å². The maximum atomic E-state index is 11.3. The van der Waals surface area contributed by atoms with E-state index in [9.17, 15) is 8.42 Å². The number of benzene rings is 1. The molecule has 0 unspecified atom stereocenters. The second-order valence-electron chi connectivity index (χ2n) is 7.08. The Labute approximate surface area is 155 Å². The lowest BCUT2D eigenvalue weighted by molar-refractivity contribution is 0.534. The van der Waals surface area contributed by atoms with E-state index in [0.717, 1.165) is 23.2 Å². The van der Waals surface area contributed by atoms with Crippen molar-refractivity contribution in [1.82, 2.24) is 14.3 Å². The van der Waals surface area contributed by atoms with Crippen molar-refractivity contribution in [3.05, 3.63) is 54.5 Å². The van der Waals surface area contributed by atoms with E-state index in [0.29, 0.717) is 18.9 Å². The molecule has 0 amide bonds. The molecule has 0 spiro atoms. The van der Waals surface area contributed by atoms with E-state index in [2.05, 4.69) is 52.5 Å². The third-order valence-electron chi connectivity index (χ3n) is 4.30. The summed E-state index contributed by atoms with van der Waals surface area (Å²) in [6.07, 6.45) is 7.62. The van der Waals surface area contributed by atoms with Crippen LogP contribution in [-0.2, 0) is 23.0 Å². The molecule has 138 valence electrons. The van der Waals surface area contributed by atoms with Gasteiger partial charge in [0, 0.05) is 42.6 Å². The minimum Gasteiger partial charge on any atom is -0.347 e. The molecule has 0 aliphatic heterocycles. The first-order valence-corrected chi connectivity index (χ1v) is 10.7. The molecule has 0 aliphatic carbocycles. The summed E-state index contributed by atoms with van der Waals surface area (Å²) in [4.78, 5) is 4.09. The van der Waals surface area contributed by atoms with Gasteiger partial charge in [-0.3, -0.25) is 4.98 Å². The van der Waals surface area contributed by atoms with E-state index in [1.807, 2.05) is 12.1 Å². The number of nitrogens with zero attached hydrogens (tertiary/aromatic N) is 2. The van der Waals surface area contributed by atoms with Crippen LogP contribution in [0.2, 0.25) is 0 Å². The highest BCUT2D eigenvalue weighted by molar-refractivity contribution is 7.88. The first-order valence-electron chi connectivity index (χ1n) is 8.80. The molecular formula is C20H25N3O2S. The van der Waals surface area contributed by atoms with Gasteiger partial charge in [0.1, 0.15) is 0 Å². The average Bonchev–Trinajstić information content (AvgIpc) is 2.91. The molecule has 0 saturated heterocycles. The number of nitrogens with one attached hydrogen (secondary N) is 1. The van der Waals surface area contributed by atoms with E-state index < -0.39 is 10.0 Å². The molecular weight excluding hydrogens is 346 g/mol. The van der Waals surface area contributed by atoms with Gasteiger partial charge in [-0.2, -0.15) is 0 Å². The second kappa shape index (κ2) is 7.60. The maximum absolute atomic E-state index is 11.3. The second-order valence-corrected chi connectivity index (χ2v) is 8.92. The van der Waals surface area contributed by atoms with Crippen LogP contribution in [0.5, 0.6) is 0 Å². The molecule has 0 atom stereocenters. The van der Waals surface area contributed by atoms with E-state index in [1.165, 1.54) is 17.2 Å². The Morgan fingerprint density at radius 2 is 1.85 bits per heavy atom. The normalized spacial score (nSPS) is 12.2. The van der Waals surface area contributed by atoms with Gasteiger partial charge in [0.05, 0.1) is 6.26 Å². The van der Waals surface area contributed by atoms with Crippen LogP contribution in [0.3, 0.4) is 0 Å². The van der Waals surface area contributed by atoms with Gasteiger partial charge in [-0.15, -0.1) is 0 Å². The van der Waals surface area contributed by atoms with Gasteiger partial charge in [-0.05, 0) is 47.2 Å². The average molecular weight is 372 g/mol. The minimum absolute atomic E-state index is 0.408. The van der Waals surface area contributed by atoms with Crippen molar-refractivity contribution in [2.45, 2.75) is 26.8 Å². The SMILES string of the molecule is CC(C)Cn1cc(CCNS(C)(=O)=O)c2ccc(-c3ccncc3)cc21. The van der Waals surface area contributed by atoms with Crippen molar-refractivity contribution in [2.75, 3.05) is 12.8 Å². The molecule has 26 heavy (non-hydrogen) atoms.